The van der Waals surface area contributed by atoms with E-state index in [1.54, 1.807) is 29.6 Å². The third-order valence-electron chi connectivity index (χ3n) is 3.77. The quantitative estimate of drug-likeness (QED) is 0.746. The maximum absolute atomic E-state index is 12.3. The molecule has 0 fully saturated rings. The number of aryl methyl sites for hydroxylation is 2. The summed E-state index contributed by atoms with van der Waals surface area (Å²) in [5.74, 6) is -2.08. The van der Waals surface area contributed by atoms with Crippen LogP contribution >= 0.6 is 11.6 Å². The monoisotopic (exact) mass is 414 g/mol. The molecule has 0 heterocycles. The first-order valence-electron chi connectivity index (χ1n) is 8.20. The molecule has 2 aromatic carbocycles. The first-order chi connectivity index (χ1) is 13.1. The van der Waals surface area contributed by atoms with Crippen LogP contribution in [0.2, 0.25) is 5.02 Å². The van der Waals surface area contributed by atoms with Crippen molar-refractivity contribution in [3.8, 4) is 5.75 Å². The molecule has 28 heavy (non-hydrogen) atoms. The van der Waals surface area contributed by atoms with Crippen LogP contribution in [-0.2, 0) is 16.1 Å². The normalized spacial score (nSPS) is 11.1. The predicted octanol–water partition coefficient (Wildman–Crippen LogP) is 4.15. The number of ether oxygens (including phenoxy) is 1. The fourth-order valence-electron chi connectivity index (χ4n) is 2.40. The highest BCUT2D eigenvalue weighted by Gasteiger charge is 2.38. The molecule has 2 rings (SSSR count). The van der Waals surface area contributed by atoms with Crippen LogP contribution in [0.4, 0.5) is 18.9 Å². The molecule has 0 bridgehead atoms. The van der Waals surface area contributed by atoms with Gasteiger partial charge in [0.2, 0.25) is 0 Å². The van der Waals surface area contributed by atoms with Crippen LogP contribution in [0.5, 0.6) is 5.75 Å². The smallest absolute Gasteiger partial charge is 0.471 e. The Morgan fingerprint density at radius 3 is 2.32 bits per heavy atom. The van der Waals surface area contributed by atoms with Gasteiger partial charge in [0, 0.05) is 17.3 Å². The molecule has 0 aliphatic heterocycles. The molecule has 0 radical (unpaired) electrons. The van der Waals surface area contributed by atoms with Crippen LogP contribution in [0.25, 0.3) is 0 Å². The van der Waals surface area contributed by atoms with Crippen LogP contribution in [0.15, 0.2) is 36.4 Å². The average Bonchev–Trinajstić information content (AvgIpc) is 2.62. The van der Waals surface area contributed by atoms with Gasteiger partial charge in [0.25, 0.3) is 5.91 Å². The average molecular weight is 415 g/mol. The minimum Gasteiger partial charge on any atom is -0.484 e. The lowest BCUT2D eigenvalue weighted by Crippen LogP contribution is -2.36. The number of hydrogen-bond donors (Lipinski definition) is 2. The van der Waals surface area contributed by atoms with Crippen LogP contribution in [-0.4, -0.2) is 24.6 Å². The number of carbonyl (C=O) groups is 2. The van der Waals surface area contributed by atoms with E-state index in [9.17, 15) is 22.8 Å². The summed E-state index contributed by atoms with van der Waals surface area (Å²) in [6, 6.07) is 9.60. The lowest BCUT2D eigenvalue weighted by atomic mass is 10.1. The van der Waals surface area contributed by atoms with Crippen molar-refractivity contribution in [1.29, 1.82) is 0 Å². The molecule has 9 heteroatoms. The summed E-state index contributed by atoms with van der Waals surface area (Å²) in [5.41, 5.74) is 2.22. The summed E-state index contributed by atoms with van der Waals surface area (Å²) in [4.78, 5) is 23.1. The zero-order valence-corrected chi connectivity index (χ0v) is 15.9. The summed E-state index contributed by atoms with van der Waals surface area (Å²) in [5, 5.41) is 4.95. The maximum Gasteiger partial charge on any atom is 0.471 e. The van der Waals surface area contributed by atoms with Crippen molar-refractivity contribution in [3.63, 3.8) is 0 Å². The number of benzene rings is 2. The maximum atomic E-state index is 12.3. The van der Waals surface area contributed by atoms with Crippen molar-refractivity contribution >= 4 is 29.1 Å². The van der Waals surface area contributed by atoms with Crippen molar-refractivity contribution < 1.29 is 27.5 Å². The van der Waals surface area contributed by atoms with E-state index in [0.717, 1.165) is 11.1 Å². The number of amides is 2. The molecule has 0 aromatic heterocycles. The van der Waals surface area contributed by atoms with Gasteiger partial charge in [0.1, 0.15) is 5.75 Å². The van der Waals surface area contributed by atoms with Gasteiger partial charge in [-0.1, -0.05) is 29.8 Å². The Morgan fingerprint density at radius 1 is 1.11 bits per heavy atom. The second-order valence-corrected chi connectivity index (χ2v) is 6.42. The zero-order valence-electron chi connectivity index (χ0n) is 15.1. The van der Waals surface area contributed by atoms with Crippen molar-refractivity contribution in [2.45, 2.75) is 26.6 Å². The van der Waals surface area contributed by atoms with Crippen LogP contribution in [0.3, 0.4) is 0 Å². The standard InChI is InChI=1S/C19H18ClF3N2O3/c1-11-7-14(8-12(2)17(11)20)28-10-16(26)25-15-6-4-3-5-13(15)9-24-18(27)19(21,22)23/h3-8H,9-10H2,1-2H3,(H,24,27)(H,25,26). The number of para-hydroxylation sites is 1. The summed E-state index contributed by atoms with van der Waals surface area (Å²) in [6.07, 6.45) is -4.97. The number of rotatable bonds is 6. The fraction of sp³-hybridized carbons (Fsp3) is 0.263. The lowest BCUT2D eigenvalue weighted by Gasteiger charge is -2.14. The van der Waals surface area contributed by atoms with Gasteiger partial charge in [-0.05, 0) is 48.7 Å². The van der Waals surface area contributed by atoms with E-state index >= 15 is 0 Å². The van der Waals surface area contributed by atoms with Gasteiger partial charge >= 0.3 is 12.1 Å². The molecule has 0 aliphatic rings. The van der Waals surface area contributed by atoms with Crippen LogP contribution in [0.1, 0.15) is 16.7 Å². The van der Waals surface area contributed by atoms with E-state index in [-0.39, 0.29) is 18.8 Å². The largest absolute Gasteiger partial charge is 0.484 e. The van der Waals surface area contributed by atoms with Crippen molar-refractivity contribution in [1.82, 2.24) is 5.32 Å². The molecule has 2 amide bonds. The van der Waals surface area contributed by atoms with Gasteiger partial charge in [0.05, 0.1) is 0 Å². The Bertz CT molecular complexity index is 862. The molecule has 0 aliphatic carbocycles. The van der Waals surface area contributed by atoms with Crippen molar-refractivity contribution in [2.24, 2.45) is 0 Å². The van der Waals surface area contributed by atoms with Gasteiger partial charge in [-0.2, -0.15) is 13.2 Å². The number of nitrogens with one attached hydrogen (secondary N) is 2. The lowest BCUT2D eigenvalue weighted by molar-refractivity contribution is -0.173. The van der Waals surface area contributed by atoms with Crippen molar-refractivity contribution in [3.05, 3.63) is 58.1 Å². The second-order valence-electron chi connectivity index (χ2n) is 6.05. The number of halogens is 4. The topological polar surface area (TPSA) is 67.4 Å². The third kappa shape index (κ3) is 5.88. The molecule has 2 N–H and O–H groups in total. The van der Waals surface area contributed by atoms with E-state index in [4.69, 9.17) is 16.3 Å². The molecule has 0 atom stereocenters. The van der Waals surface area contributed by atoms with Gasteiger partial charge < -0.3 is 15.4 Å². The van der Waals surface area contributed by atoms with Gasteiger partial charge in [0.15, 0.2) is 6.61 Å². The van der Waals surface area contributed by atoms with E-state index in [2.05, 4.69) is 5.32 Å². The second kappa shape index (κ2) is 8.97. The SMILES string of the molecule is Cc1cc(OCC(=O)Nc2ccccc2CNC(=O)C(F)(F)F)cc(C)c1Cl. The number of hydrogen-bond acceptors (Lipinski definition) is 3. The summed E-state index contributed by atoms with van der Waals surface area (Å²) >= 11 is 6.08. The van der Waals surface area contributed by atoms with E-state index in [1.165, 1.54) is 12.1 Å². The molecular formula is C19H18ClF3N2O3. The highest BCUT2D eigenvalue weighted by Crippen LogP contribution is 2.26. The van der Waals surface area contributed by atoms with Crippen molar-refractivity contribution in [2.75, 3.05) is 11.9 Å². The number of carbonyl (C=O) groups excluding carboxylic acids is 2. The summed E-state index contributed by atoms with van der Waals surface area (Å²) < 4.78 is 42.3. The minimum absolute atomic E-state index is 0.280. The highest BCUT2D eigenvalue weighted by molar-refractivity contribution is 6.32. The molecule has 0 spiro atoms. The van der Waals surface area contributed by atoms with E-state index in [1.807, 2.05) is 13.8 Å². The van der Waals surface area contributed by atoms with E-state index in [0.29, 0.717) is 16.3 Å². The Morgan fingerprint density at radius 2 is 1.71 bits per heavy atom. The van der Waals surface area contributed by atoms with Crippen LogP contribution in [0, 0.1) is 13.8 Å². The summed E-state index contributed by atoms with van der Waals surface area (Å²) in [7, 11) is 0. The number of anilines is 1. The molecule has 150 valence electrons. The molecule has 0 saturated heterocycles. The molecular weight excluding hydrogens is 397 g/mol. The first-order valence-corrected chi connectivity index (χ1v) is 8.58. The Hall–Kier alpha value is -2.74. The summed E-state index contributed by atoms with van der Waals surface area (Å²) in [6.45, 7) is 2.94. The third-order valence-corrected chi connectivity index (χ3v) is 4.36. The molecule has 5 nitrogen and oxygen atoms in total. The molecule has 2 aromatic rings. The van der Waals surface area contributed by atoms with E-state index < -0.39 is 18.0 Å². The fourth-order valence-corrected chi connectivity index (χ4v) is 2.51. The van der Waals surface area contributed by atoms with Gasteiger partial charge in [-0.15, -0.1) is 0 Å². The Balaban J connectivity index is 1.98. The Labute approximate surface area is 164 Å². The van der Waals surface area contributed by atoms with Gasteiger partial charge in [-0.3, -0.25) is 9.59 Å². The molecule has 0 unspecified atom stereocenters. The highest BCUT2D eigenvalue weighted by atomic mass is 35.5. The minimum atomic E-state index is -4.97. The predicted molar refractivity (Wildman–Crippen MR) is 99.4 cm³/mol. The van der Waals surface area contributed by atoms with Crippen LogP contribution < -0.4 is 15.4 Å². The Kier molecular flexibility index (Phi) is 6.90. The zero-order chi connectivity index (χ0) is 20.9. The molecule has 0 saturated carbocycles. The number of alkyl halides is 3. The first kappa shape index (κ1) is 21.6. The van der Waals surface area contributed by atoms with Gasteiger partial charge in [-0.25, -0.2) is 0 Å².